The molecule has 0 fully saturated rings. The monoisotopic (exact) mass is 613 g/mol. The lowest BCUT2D eigenvalue weighted by atomic mass is 9.61. The van der Waals surface area contributed by atoms with Crippen LogP contribution in [0.2, 0.25) is 0 Å². The van der Waals surface area contributed by atoms with E-state index in [2.05, 4.69) is 162 Å². The molecule has 9 rings (SSSR count). The Bertz CT molecular complexity index is 2070. The number of hydrogen-bond acceptors (Lipinski definition) is 2. The van der Waals surface area contributed by atoms with Crippen LogP contribution < -0.4 is 0 Å². The van der Waals surface area contributed by atoms with Gasteiger partial charge in [-0.15, -0.1) is 5.10 Å². The van der Waals surface area contributed by atoms with Crippen molar-refractivity contribution in [2.24, 2.45) is 0 Å². The van der Waals surface area contributed by atoms with Gasteiger partial charge in [-0.25, -0.2) is 9.67 Å². The number of benzene rings is 5. The predicted molar refractivity (Wildman–Crippen MR) is 194 cm³/mol. The molecule has 0 unspecified atom stereocenters. The van der Waals surface area contributed by atoms with Crippen LogP contribution >= 0.6 is 0 Å². The highest BCUT2D eigenvalue weighted by Crippen LogP contribution is 2.56. The summed E-state index contributed by atoms with van der Waals surface area (Å²) in [6.07, 6.45) is 0. The van der Waals surface area contributed by atoms with Gasteiger partial charge in [0.25, 0.3) is 0 Å². The van der Waals surface area contributed by atoms with Gasteiger partial charge in [-0.3, -0.25) is 0 Å². The first-order valence-corrected chi connectivity index (χ1v) is 17.1. The molecule has 0 N–H and O–H groups in total. The zero-order valence-electron chi connectivity index (χ0n) is 28.5. The molecule has 3 aliphatic carbocycles. The third-order valence-corrected chi connectivity index (χ3v) is 10.3. The Kier molecular flexibility index (Phi) is 6.88. The Morgan fingerprint density at radius 2 is 1.04 bits per heavy atom. The van der Waals surface area contributed by atoms with Gasteiger partial charge in [0.1, 0.15) is 0 Å². The van der Waals surface area contributed by atoms with E-state index >= 15 is 0 Å². The first-order chi connectivity index (χ1) is 22.6. The largest absolute Gasteiger partial charge is 0.212 e. The van der Waals surface area contributed by atoms with Crippen molar-refractivity contribution < 1.29 is 0 Å². The summed E-state index contributed by atoms with van der Waals surface area (Å²) in [4.78, 5) is 5.35. The molecular weight excluding hydrogens is 571 g/mol. The van der Waals surface area contributed by atoms with Crippen LogP contribution in [0.15, 0.2) is 109 Å². The minimum atomic E-state index is 0.0430. The zero-order valence-corrected chi connectivity index (χ0v) is 28.5. The van der Waals surface area contributed by atoms with Crippen LogP contribution in [0.3, 0.4) is 0 Å². The van der Waals surface area contributed by atoms with Gasteiger partial charge in [-0.05, 0) is 73.4 Å². The molecule has 5 aromatic carbocycles. The summed E-state index contributed by atoms with van der Waals surface area (Å²) in [5.74, 6) is 2.75. The van der Waals surface area contributed by atoms with Crippen LogP contribution in [-0.2, 0) is 5.41 Å². The first kappa shape index (κ1) is 29.6. The smallest absolute Gasteiger partial charge is 0.182 e. The van der Waals surface area contributed by atoms with Crippen molar-refractivity contribution in [3.8, 4) is 28.5 Å². The third-order valence-electron chi connectivity index (χ3n) is 10.3. The summed E-state index contributed by atoms with van der Waals surface area (Å²) in [7, 11) is 0. The van der Waals surface area contributed by atoms with Crippen molar-refractivity contribution in [3.05, 3.63) is 159 Å². The van der Waals surface area contributed by atoms with Crippen LogP contribution in [0.1, 0.15) is 122 Å². The molecule has 234 valence electrons. The third kappa shape index (κ3) is 4.70. The summed E-state index contributed by atoms with van der Waals surface area (Å²) in [6.45, 7) is 16.1. The number of hydrogen-bond donors (Lipinski definition) is 0. The molecule has 0 amide bonds. The van der Waals surface area contributed by atoms with E-state index in [4.69, 9.17) is 10.1 Å². The lowest BCUT2D eigenvalue weighted by Crippen LogP contribution is -2.27. The van der Waals surface area contributed by atoms with Crippen molar-refractivity contribution in [2.75, 3.05) is 0 Å². The molecule has 1 aromatic heterocycles. The molecule has 0 aliphatic heterocycles. The highest BCUT2D eigenvalue weighted by molar-refractivity contribution is 5.72. The van der Waals surface area contributed by atoms with Crippen LogP contribution in [0.25, 0.3) is 28.5 Å². The van der Waals surface area contributed by atoms with Crippen molar-refractivity contribution >= 4 is 0 Å². The fraction of sp³-hybridized carbons (Fsp3) is 0.273. The quantitative estimate of drug-likeness (QED) is 0.193. The second-order valence-corrected chi connectivity index (χ2v) is 15.1. The standard InChI is InChI=1S/C44H43N3/c1-26(2)36-24-30(44(5,6)7)25-37(27(3)4)41(36)47-43(28-15-9-8-10-16-28)45-42(46-47)29-21-22-35-38(23-29)40-33-19-13-11-17-31(33)39(35)32-18-12-14-20-34(32)40/h8-27,39-40H,1-7H3. The first-order valence-electron chi connectivity index (χ1n) is 17.1. The van der Waals surface area contributed by atoms with Gasteiger partial charge in [0, 0.05) is 23.0 Å². The molecule has 47 heavy (non-hydrogen) atoms. The SMILES string of the molecule is CC(C)c1cc(C(C)(C)C)cc(C(C)C)c1-n1nc(-c2ccc3c(c2)C2c4ccccc4C3c3ccccc32)nc1-c1ccccc1. The lowest BCUT2D eigenvalue weighted by molar-refractivity contribution is 0.585. The van der Waals surface area contributed by atoms with Gasteiger partial charge >= 0.3 is 0 Å². The Morgan fingerprint density at radius 1 is 0.553 bits per heavy atom. The van der Waals surface area contributed by atoms with Crippen molar-refractivity contribution in [1.82, 2.24) is 14.8 Å². The van der Waals surface area contributed by atoms with E-state index in [-0.39, 0.29) is 17.3 Å². The Labute approximate surface area is 279 Å². The van der Waals surface area contributed by atoms with Crippen molar-refractivity contribution in [3.63, 3.8) is 0 Å². The molecule has 3 heteroatoms. The summed E-state index contributed by atoms with van der Waals surface area (Å²) in [5.41, 5.74) is 15.8. The van der Waals surface area contributed by atoms with E-state index in [0.717, 1.165) is 22.8 Å². The van der Waals surface area contributed by atoms with Crippen LogP contribution in [0.5, 0.6) is 0 Å². The molecule has 2 bridgehead atoms. The van der Waals surface area contributed by atoms with Gasteiger partial charge in [0.2, 0.25) is 0 Å². The maximum absolute atomic E-state index is 5.41. The normalized spacial score (nSPS) is 16.4. The van der Waals surface area contributed by atoms with Gasteiger partial charge in [-0.1, -0.05) is 152 Å². The minimum absolute atomic E-state index is 0.0430. The van der Waals surface area contributed by atoms with E-state index in [0.29, 0.717) is 11.8 Å². The molecular formula is C44H43N3. The van der Waals surface area contributed by atoms with E-state index in [9.17, 15) is 0 Å². The number of nitrogens with zero attached hydrogens (tertiary/aromatic N) is 3. The lowest BCUT2D eigenvalue weighted by Gasteiger charge is -2.42. The van der Waals surface area contributed by atoms with Gasteiger partial charge in [0.15, 0.2) is 11.6 Å². The second-order valence-electron chi connectivity index (χ2n) is 15.1. The Balaban J connectivity index is 1.35. The summed E-state index contributed by atoms with van der Waals surface area (Å²) in [6, 6.07) is 40.3. The maximum atomic E-state index is 5.41. The van der Waals surface area contributed by atoms with E-state index in [1.54, 1.807) is 0 Å². The average Bonchev–Trinajstić information content (AvgIpc) is 3.52. The topological polar surface area (TPSA) is 30.7 Å². The second kappa shape index (κ2) is 10.9. The molecule has 3 aliphatic rings. The van der Waals surface area contributed by atoms with Crippen LogP contribution in [0.4, 0.5) is 0 Å². The van der Waals surface area contributed by atoms with Crippen molar-refractivity contribution in [2.45, 2.75) is 77.6 Å². The predicted octanol–water partition coefficient (Wildman–Crippen LogP) is 11.1. The zero-order chi connectivity index (χ0) is 32.6. The Morgan fingerprint density at radius 3 is 1.55 bits per heavy atom. The number of rotatable bonds is 5. The van der Waals surface area contributed by atoms with E-state index < -0.39 is 0 Å². The molecule has 1 heterocycles. The summed E-state index contributed by atoms with van der Waals surface area (Å²) < 4.78 is 2.15. The fourth-order valence-corrected chi connectivity index (χ4v) is 7.91. The van der Waals surface area contributed by atoms with Gasteiger partial charge < -0.3 is 0 Å². The van der Waals surface area contributed by atoms with E-state index in [1.165, 1.54) is 55.8 Å². The summed E-state index contributed by atoms with van der Waals surface area (Å²) in [5, 5.41) is 5.41. The fourth-order valence-electron chi connectivity index (χ4n) is 7.91. The van der Waals surface area contributed by atoms with Gasteiger partial charge in [-0.2, -0.15) is 0 Å². The molecule has 0 saturated heterocycles. The van der Waals surface area contributed by atoms with Crippen molar-refractivity contribution in [1.29, 1.82) is 0 Å². The molecule has 0 atom stereocenters. The highest BCUT2D eigenvalue weighted by Gasteiger charge is 2.41. The molecule has 0 radical (unpaired) electrons. The average molecular weight is 614 g/mol. The Hall–Kier alpha value is -4.76. The summed E-state index contributed by atoms with van der Waals surface area (Å²) >= 11 is 0. The maximum Gasteiger partial charge on any atom is 0.182 e. The highest BCUT2D eigenvalue weighted by atomic mass is 15.4. The molecule has 0 saturated carbocycles. The number of aromatic nitrogens is 3. The molecule has 3 nitrogen and oxygen atoms in total. The van der Waals surface area contributed by atoms with Crippen LogP contribution in [0, 0.1) is 0 Å². The minimum Gasteiger partial charge on any atom is -0.212 e. The molecule has 0 spiro atoms. The van der Waals surface area contributed by atoms with Gasteiger partial charge in [0.05, 0.1) is 5.69 Å². The van der Waals surface area contributed by atoms with Crippen LogP contribution in [-0.4, -0.2) is 14.8 Å². The molecule has 6 aromatic rings. The van der Waals surface area contributed by atoms with E-state index in [1.807, 2.05) is 0 Å².